The van der Waals surface area contributed by atoms with Gasteiger partial charge in [0, 0.05) is 31.1 Å². The summed E-state index contributed by atoms with van der Waals surface area (Å²) in [5.41, 5.74) is 1.06. The minimum Gasteiger partial charge on any atom is -0.310 e. The van der Waals surface area contributed by atoms with Gasteiger partial charge >= 0.3 is 0 Å². The molecular weight excluding hydrogens is 304 g/mol. The number of sulfonamides is 1. The minimum atomic E-state index is -3.33. The normalized spacial score (nSPS) is 22.2. The third-order valence-electron chi connectivity index (χ3n) is 4.10. The van der Waals surface area contributed by atoms with E-state index in [-0.39, 0.29) is 0 Å². The molecule has 1 aromatic rings. The summed E-state index contributed by atoms with van der Waals surface area (Å²) in [7, 11) is -1.64. The second kappa shape index (κ2) is 6.36. The second-order valence-electron chi connectivity index (χ2n) is 6.47. The average molecular weight is 331 g/mol. The van der Waals surface area contributed by atoms with Gasteiger partial charge in [-0.2, -0.15) is 4.31 Å². The van der Waals surface area contributed by atoms with E-state index in [0.29, 0.717) is 28.6 Å². The van der Waals surface area contributed by atoms with E-state index in [0.717, 1.165) is 23.4 Å². The highest BCUT2D eigenvalue weighted by Crippen LogP contribution is 2.39. The molecule has 1 heterocycles. The molecule has 0 aromatic carbocycles. The van der Waals surface area contributed by atoms with Gasteiger partial charge in [0.15, 0.2) is 0 Å². The molecule has 21 heavy (non-hydrogen) atoms. The van der Waals surface area contributed by atoms with Crippen LogP contribution in [-0.4, -0.2) is 32.4 Å². The number of nitrogens with one attached hydrogen (secondary N) is 1. The topological polar surface area (TPSA) is 49.4 Å². The van der Waals surface area contributed by atoms with Crippen LogP contribution in [-0.2, 0) is 16.6 Å². The van der Waals surface area contributed by atoms with Crippen LogP contribution in [0, 0.1) is 18.8 Å². The monoisotopic (exact) mass is 330 g/mol. The van der Waals surface area contributed by atoms with Crippen LogP contribution in [0.1, 0.15) is 37.6 Å². The van der Waals surface area contributed by atoms with Crippen molar-refractivity contribution in [3.8, 4) is 0 Å². The Morgan fingerprint density at radius 3 is 2.62 bits per heavy atom. The summed E-state index contributed by atoms with van der Waals surface area (Å²) < 4.78 is 27.2. The highest BCUT2D eigenvalue weighted by atomic mass is 32.2. The maximum absolute atomic E-state index is 12.6. The lowest BCUT2D eigenvalue weighted by molar-refractivity contribution is 0.446. The lowest BCUT2D eigenvalue weighted by Crippen LogP contribution is -2.28. The molecule has 2 unspecified atom stereocenters. The first-order valence-electron chi connectivity index (χ1n) is 7.50. The Kier molecular flexibility index (Phi) is 5.13. The number of aryl methyl sites for hydroxylation is 1. The van der Waals surface area contributed by atoms with E-state index in [1.165, 1.54) is 15.6 Å². The summed E-state index contributed by atoms with van der Waals surface area (Å²) in [6.07, 6.45) is 1.15. The molecule has 2 atom stereocenters. The Morgan fingerprint density at radius 1 is 1.48 bits per heavy atom. The van der Waals surface area contributed by atoms with Crippen molar-refractivity contribution in [1.29, 1.82) is 0 Å². The molecule has 0 saturated heterocycles. The lowest BCUT2D eigenvalue weighted by Gasteiger charge is -2.15. The zero-order valence-electron chi connectivity index (χ0n) is 13.5. The predicted octanol–water partition coefficient (Wildman–Crippen LogP) is 2.83. The van der Waals surface area contributed by atoms with Gasteiger partial charge in [0.2, 0.25) is 0 Å². The number of rotatable bonds is 7. The molecule has 6 heteroatoms. The van der Waals surface area contributed by atoms with Gasteiger partial charge in [-0.1, -0.05) is 20.8 Å². The molecule has 0 radical (unpaired) electrons. The van der Waals surface area contributed by atoms with Gasteiger partial charge in [0.1, 0.15) is 4.21 Å². The number of hydrogen-bond donors (Lipinski definition) is 1. The van der Waals surface area contributed by atoms with Gasteiger partial charge in [-0.25, -0.2) is 8.42 Å². The van der Waals surface area contributed by atoms with Crippen LogP contribution < -0.4 is 5.32 Å². The first-order chi connectivity index (χ1) is 9.71. The van der Waals surface area contributed by atoms with Gasteiger partial charge in [0.05, 0.1) is 0 Å². The molecule has 2 rings (SSSR count). The molecule has 1 N–H and O–H groups in total. The summed E-state index contributed by atoms with van der Waals surface area (Å²) in [4.78, 5) is 1.11. The van der Waals surface area contributed by atoms with Crippen molar-refractivity contribution >= 4 is 21.4 Å². The highest BCUT2D eigenvalue weighted by molar-refractivity contribution is 7.91. The van der Waals surface area contributed by atoms with Crippen LogP contribution >= 0.6 is 11.3 Å². The van der Waals surface area contributed by atoms with Crippen LogP contribution in [0.4, 0.5) is 0 Å². The van der Waals surface area contributed by atoms with Crippen molar-refractivity contribution in [2.45, 2.75) is 50.9 Å². The quantitative estimate of drug-likeness (QED) is 0.836. The van der Waals surface area contributed by atoms with Crippen molar-refractivity contribution in [3.05, 3.63) is 16.5 Å². The van der Waals surface area contributed by atoms with E-state index in [2.05, 4.69) is 26.1 Å². The third-order valence-corrected chi connectivity index (χ3v) is 7.61. The molecular formula is C15H26N2O2S2. The van der Waals surface area contributed by atoms with E-state index >= 15 is 0 Å². The van der Waals surface area contributed by atoms with Crippen LogP contribution in [0.15, 0.2) is 10.3 Å². The predicted molar refractivity (Wildman–Crippen MR) is 88.1 cm³/mol. The Hall–Kier alpha value is -0.430. The second-order valence-corrected chi connectivity index (χ2v) is 9.87. The molecule has 0 spiro atoms. The fourth-order valence-electron chi connectivity index (χ4n) is 2.32. The first-order valence-corrected chi connectivity index (χ1v) is 9.76. The zero-order valence-corrected chi connectivity index (χ0v) is 15.1. The molecule has 1 aliphatic rings. The summed E-state index contributed by atoms with van der Waals surface area (Å²) in [6.45, 7) is 9.70. The van der Waals surface area contributed by atoms with E-state index < -0.39 is 10.0 Å². The van der Waals surface area contributed by atoms with E-state index in [9.17, 15) is 8.42 Å². The van der Waals surface area contributed by atoms with Gasteiger partial charge in [-0.15, -0.1) is 11.3 Å². The maximum atomic E-state index is 12.6. The van der Waals surface area contributed by atoms with Gasteiger partial charge < -0.3 is 5.32 Å². The van der Waals surface area contributed by atoms with Crippen LogP contribution in [0.25, 0.3) is 0 Å². The molecule has 0 aliphatic heterocycles. The van der Waals surface area contributed by atoms with Gasteiger partial charge in [-0.05, 0) is 36.8 Å². The molecule has 1 aromatic heterocycles. The molecule has 0 amide bonds. The molecule has 1 saturated carbocycles. The Morgan fingerprint density at radius 2 is 2.10 bits per heavy atom. The van der Waals surface area contributed by atoms with Crippen molar-refractivity contribution < 1.29 is 8.42 Å². The Bertz CT molecular complexity index is 593. The molecule has 1 fully saturated rings. The number of hydrogen-bond acceptors (Lipinski definition) is 4. The van der Waals surface area contributed by atoms with E-state index in [4.69, 9.17) is 0 Å². The molecule has 120 valence electrons. The van der Waals surface area contributed by atoms with Gasteiger partial charge in [0.25, 0.3) is 10.0 Å². The molecule has 4 nitrogen and oxygen atoms in total. The minimum absolute atomic E-state index is 0.394. The van der Waals surface area contributed by atoms with E-state index in [1.54, 1.807) is 7.05 Å². The number of thiophene rings is 1. The van der Waals surface area contributed by atoms with Crippen molar-refractivity contribution in [1.82, 2.24) is 9.62 Å². The summed E-state index contributed by atoms with van der Waals surface area (Å²) >= 11 is 1.39. The highest BCUT2D eigenvalue weighted by Gasteiger charge is 2.36. The van der Waals surface area contributed by atoms with E-state index in [1.807, 2.05) is 13.0 Å². The van der Waals surface area contributed by atoms with Crippen molar-refractivity contribution in [2.24, 2.45) is 11.8 Å². The van der Waals surface area contributed by atoms with Crippen LogP contribution in [0.5, 0.6) is 0 Å². The summed E-state index contributed by atoms with van der Waals surface area (Å²) in [5.74, 6) is 1.20. The Balaban J connectivity index is 2.10. The fraction of sp³-hybridized carbons (Fsp3) is 0.733. The van der Waals surface area contributed by atoms with Crippen molar-refractivity contribution in [2.75, 3.05) is 13.6 Å². The Labute approximate surface area is 132 Å². The fourth-order valence-corrected chi connectivity index (χ4v) is 5.30. The maximum Gasteiger partial charge on any atom is 0.252 e. The molecule has 1 aliphatic carbocycles. The third kappa shape index (κ3) is 4.06. The van der Waals surface area contributed by atoms with Crippen LogP contribution in [0.2, 0.25) is 0 Å². The summed E-state index contributed by atoms with van der Waals surface area (Å²) in [5, 5.41) is 3.35. The average Bonchev–Trinajstić information content (AvgIpc) is 2.93. The van der Waals surface area contributed by atoms with Crippen LogP contribution in [0.3, 0.4) is 0 Å². The first kappa shape index (κ1) is 16.9. The standard InChI is InChI=1S/C15H26N2O2S2/c1-10(2)16-8-14-12(4)7-15(20-14)21(18,19)17(5)9-13-6-11(13)3/h7,10-11,13,16H,6,8-9H2,1-5H3. The smallest absolute Gasteiger partial charge is 0.252 e. The SMILES string of the molecule is Cc1cc(S(=O)(=O)N(C)CC2CC2C)sc1CNC(C)C. The summed E-state index contributed by atoms with van der Waals surface area (Å²) in [6, 6.07) is 2.20. The molecule has 0 bridgehead atoms. The zero-order chi connectivity index (χ0) is 15.8. The largest absolute Gasteiger partial charge is 0.310 e. The lowest BCUT2D eigenvalue weighted by atomic mass is 10.3. The van der Waals surface area contributed by atoms with Gasteiger partial charge in [-0.3, -0.25) is 0 Å². The van der Waals surface area contributed by atoms with Crippen molar-refractivity contribution in [3.63, 3.8) is 0 Å². The number of nitrogens with zero attached hydrogens (tertiary/aromatic N) is 1.